The number of fused-ring (bicyclic) bond motifs is 1. The molecule has 1 aromatic heterocycles. The molecule has 3 aromatic rings. The van der Waals surface area contributed by atoms with Crippen molar-refractivity contribution in [1.82, 2.24) is 9.88 Å². The number of hydrogen-bond acceptors (Lipinski definition) is 5. The van der Waals surface area contributed by atoms with Crippen LogP contribution in [0.4, 0.5) is 5.13 Å². The third-order valence-corrected chi connectivity index (χ3v) is 5.20. The van der Waals surface area contributed by atoms with Crippen molar-refractivity contribution in [3.63, 3.8) is 0 Å². The molecule has 0 fully saturated rings. The van der Waals surface area contributed by atoms with Crippen LogP contribution in [0.25, 0.3) is 10.2 Å². The summed E-state index contributed by atoms with van der Waals surface area (Å²) in [6.07, 6.45) is 0.875. The van der Waals surface area contributed by atoms with Gasteiger partial charge in [0.1, 0.15) is 11.3 Å². The summed E-state index contributed by atoms with van der Waals surface area (Å²) in [7, 11) is 4.07. The van der Waals surface area contributed by atoms with E-state index in [2.05, 4.69) is 4.90 Å². The van der Waals surface area contributed by atoms with E-state index in [1.165, 1.54) is 11.3 Å². The maximum Gasteiger partial charge on any atom is 0.260 e. The molecule has 0 unspecified atom stereocenters. The van der Waals surface area contributed by atoms with Crippen molar-refractivity contribution in [3.8, 4) is 5.75 Å². The standard InChI is InChI=1S/C21H25N3O2S/c1-4-26-17-12-8-13-18-19(17)22-21(27-18)24(15-9-14-23(2)3)20(25)16-10-6-5-7-11-16/h5-8,10-13H,4,9,14-15H2,1-3H3. The number of nitrogens with zero attached hydrogens (tertiary/aromatic N) is 3. The number of hydrogen-bond donors (Lipinski definition) is 0. The number of ether oxygens (including phenoxy) is 1. The summed E-state index contributed by atoms with van der Waals surface area (Å²) >= 11 is 1.53. The lowest BCUT2D eigenvalue weighted by molar-refractivity contribution is 0.0986. The Morgan fingerprint density at radius 1 is 1.07 bits per heavy atom. The van der Waals surface area contributed by atoms with Gasteiger partial charge in [0.05, 0.1) is 11.3 Å². The number of aromatic nitrogens is 1. The Morgan fingerprint density at radius 2 is 1.85 bits per heavy atom. The van der Waals surface area contributed by atoms with Gasteiger partial charge >= 0.3 is 0 Å². The molecule has 0 bridgehead atoms. The third kappa shape index (κ3) is 4.64. The normalized spacial score (nSPS) is 11.1. The Labute approximate surface area is 164 Å². The average Bonchev–Trinajstić information content (AvgIpc) is 3.10. The Morgan fingerprint density at radius 3 is 2.56 bits per heavy atom. The van der Waals surface area contributed by atoms with Crippen LogP contribution < -0.4 is 9.64 Å². The van der Waals surface area contributed by atoms with Gasteiger partial charge in [-0.05, 0) is 58.3 Å². The first kappa shape index (κ1) is 19.3. The zero-order chi connectivity index (χ0) is 19.2. The summed E-state index contributed by atoms with van der Waals surface area (Å²) in [6.45, 7) is 4.07. The molecule has 3 rings (SSSR count). The van der Waals surface area contributed by atoms with Crippen LogP contribution in [-0.2, 0) is 0 Å². The fourth-order valence-corrected chi connectivity index (χ4v) is 3.87. The summed E-state index contributed by atoms with van der Waals surface area (Å²) in [5.41, 5.74) is 1.49. The van der Waals surface area contributed by atoms with Crippen LogP contribution in [-0.4, -0.2) is 49.6 Å². The first-order chi connectivity index (χ1) is 13.1. The van der Waals surface area contributed by atoms with Crippen LogP contribution in [0, 0.1) is 0 Å². The van der Waals surface area contributed by atoms with Gasteiger partial charge in [0.25, 0.3) is 5.91 Å². The van der Waals surface area contributed by atoms with Crippen LogP contribution in [0.1, 0.15) is 23.7 Å². The fraction of sp³-hybridized carbons (Fsp3) is 0.333. The molecule has 5 nitrogen and oxygen atoms in total. The van der Waals surface area contributed by atoms with E-state index in [0.29, 0.717) is 23.8 Å². The number of carbonyl (C=O) groups excluding carboxylic acids is 1. The maximum atomic E-state index is 13.2. The van der Waals surface area contributed by atoms with E-state index in [1.807, 2.05) is 69.6 Å². The molecule has 6 heteroatoms. The van der Waals surface area contributed by atoms with Gasteiger partial charge in [-0.15, -0.1) is 0 Å². The minimum absolute atomic E-state index is 0.0219. The van der Waals surface area contributed by atoms with Crippen LogP contribution >= 0.6 is 11.3 Å². The Bertz CT molecular complexity index is 893. The van der Waals surface area contributed by atoms with Crippen LogP contribution in [0.3, 0.4) is 0 Å². The number of carbonyl (C=O) groups is 1. The smallest absolute Gasteiger partial charge is 0.260 e. The van der Waals surface area contributed by atoms with Crippen molar-refractivity contribution in [2.24, 2.45) is 0 Å². The second kappa shape index (κ2) is 8.97. The molecule has 0 aliphatic carbocycles. The van der Waals surface area contributed by atoms with Crippen LogP contribution in [0.15, 0.2) is 48.5 Å². The molecule has 0 N–H and O–H groups in total. The first-order valence-corrected chi connectivity index (χ1v) is 9.95. The Hall–Kier alpha value is -2.44. The predicted molar refractivity (Wildman–Crippen MR) is 112 cm³/mol. The van der Waals surface area contributed by atoms with Gasteiger partial charge in [-0.2, -0.15) is 0 Å². The molecule has 0 spiro atoms. The average molecular weight is 384 g/mol. The Kier molecular flexibility index (Phi) is 6.42. The lowest BCUT2D eigenvalue weighted by Gasteiger charge is -2.21. The second-order valence-electron chi connectivity index (χ2n) is 6.51. The highest BCUT2D eigenvalue weighted by atomic mass is 32.1. The van der Waals surface area contributed by atoms with Gasteiger partial charge in [-0.3, -0.25) is 9.69 Å². The molecule has 1 amide bonds. The lowest BCUT2D eigenvalue weighted by Crippen LogP contribution is -2.33. The zero-order valence-electron chi connectivity index (χ0n) is 16.0. The SMILES string of the molecule is CCOc1cccc2sc(N(CCCN(C)C)C(=O)c3ccccc3)nc12. The van der Waals surface area contributed by atoms with Crippen LogP contribution in [0.5, 0.6) is 5.75 Å². The highest BCUT2D eigenvalue weighted by Gasteiger charge is 2.22. The summed E-state index contributed by atoms with van der Waals surface area (Å²) in [4.78, 5) is 21.8. The van der Waals surface area contributed by atoms with E-state index in [0.717, 1.165) is 28.9 Å². The number of anilines is 1. The number of para-hydroxylation sites is 1. The summed E-state index contributed by atoms with van der Waals surface area (Å²) < 4.78 is 6.73. The quantitative estimate of drug-likeness (QED) is 0.582. The molecule has 0 aliphatic rings. The molecule has 2 aromatic carbocycles. The molecule has 0 radical (unpaired) electrons. The number of rotatable bonds is 8. The van der Waals surface area contributed by atoms with Crippen molar-refractivity contribution in [3.05, 3.63) is 54.1 Å². The number of thiazole rings is 1. The van der Waals surface area contributed by atoms with Gasteiger partial charge < -0.3 is 9.64 Å². The molecule has 1 heterocycles. The summed E-state index contributed by atoms with van der Waals surface area (Å²) in [5, 5.41) is 0.713. The van der Waals surface area contributed by atoms with Gasteiger partial charge in [-0.1, -0.05) is 35.6 Å². The summed E-state index contributed by atoms with van der Waals surface area (Å²) in [6, 6.07) is 15.3. The largest absolute Gasteiger partial charge is 0.492 e. The van der Waals surface area contributed by atoms with E-state index >= 15 is 0 Å². The predicted octanol–water partition coefficient (Wildman–Crippen LogP) is 4.29. The third-order valence-electron chi connectivity index (χ3n) is 4.15. The van der Waals surface area contributed by atoms with E-state index < -0.39 is 0 Å². The molecule has 27 heavy (non-hydrogen) atoms. The second-order valence-corrected chi connectivity index (χ2v) is 7.52. The molecular weight excluding hydrogens is 358 g/mol. The monoisotopic (exact) mass is 383 g/mol. The minimum atomic E-state index is -0.0219. The fourth-order valence-electron chi connectivity index (χ4n) is 2.86. The highest BCUT2D eigenvalue weighted by Crippen LogP contribution is 2.34. The van der Waals surface area contributed by atoms with Crippen molar-refractivity contribution < 1.29 is 9.53 Å². The summed E-state index contributed by atoms with van der Waals surface area (Å²) in [5.74, 6) is 0.740. The molecule has 142 valence electrons. The highest BCUT2D eigenvalue weighted by molar-refractivity contribution is 7.22. The van der Waals surface area contributed by atoms with Gasteiger partial charge in [0, 0.05) is 12.1 Å². The Balaban J connectivity index is 1.95. The van der Waals surface area contributed by atoms with E-state index in [-0.39, 0.29) is 5.91 Å². The first-order valence-electron chi connectivity index (χ1n) is 9.14. The van der Waals surface area contributed by atoms with Gasteiger partial charge in [0.2, 0.25) is 0 Å². The van der Waals surface area contributed by atoms with Crippen LogP contribution in [0.2, 0.25) is 0 Å². The molecule has 0 atom stereocenters. The van der Waals surface area contributed by atoms with Gasteiger partial charge in [0.15, 0.2) is 5.13 Å². The maximum absolute atomic E-state index is 13.2. The number of amides is 1. The van der Waals surface area contributed by atoms with Crippen molar-refractivity contribution >= 4 is 32.6 Å². The van der Waals surface area contributed by atoms with E-state index in [1.54, 1.807) is 4.90 Å². The van der Waals surface area contributed by atoms with Crippen molar-refractivity contribution in [2.45, 2.75) is 13.3 Å². The molecule has 0 saturated heterocycles. The minimum Gasteiger partial charge on any atom is -0.492 e. The van der Waals surface area contributed by atoms with Crippen molar-refractivity contribution in [1.29, 1.82) is 0 Å². The lowest BCUT2D eigenvalue weighted by atomic mass is 10.2. The topological polar surface area (TPSA) is 45.7 Å². The van der Waals surface area contributed by atoms with E-state index in [9.17, 15) is 4.79 Å². The van der Waals surface area contributed by atoms with Gasteiger partial charge in [-0.25, -0.2) is 4.98 Å². The number of benzene rings is 2. The van der Waals surface area contributed by atoms with E-state index in [4.69, 9.17) is 9.72 Å². The molecular formula is C21H25N3O2S. The zero-order valence-corrected chi connectivity index (χ0v) is 16.8. The molecule has 0 aliphatic heterocycles. The van der Waals surface area contributed by atoms with Crippen molar-refractivity contribution in [2.75, 3.05) is 38.7 Å². The molecule has 0 saturated carbocycles.